The second-order valence-electron chi connectivity index (χ2n) is 6.63. The number of amides is 1. The van der Waals surface area contributed by atoms with Crippen molar-refractivity contribution in [1.29, 1.82) is 0 Å². The maximum absolute atomic E-state index is 13.9. The number of rotatable bonds is 7. The number of carbonyl (C=O) groups excluding carboxylic acids is 3. The third kappa shape index (κ3) is 4.97. The van der Waals surface area contributed by atoms with Gasteiger partial charge in [0, 0.05) is 17.5 Å². The first-order valence-corrected chi connectivity index (χ1v) is 9.31. The molecule has 0 aliphatic heterocycles. The fourth-order valence-corrected chi connectivity index (χ4v) is 3.00. The SMILES string of the molecule is COC(=O)[C@@H](Cc1ccc(C(=O)c2ccccc2)cc1)NC(=O)c1ccccc1F. The molecule has 3 aromatic carbocycles. The van der Waals surface area contributed by atoms with Crippen molar-refractivity contribution in [3.8, 4) is 0 Å². The van der Waals surface area contributed by atoms with Crippen molar-refractivity contribution in [2.45, 2.75) is 12.5 Å². The largest absolute Gasteiger partial charge is 0.467 e. The lowest BCUT2D eigenvalue weighted by molar-refractivity contribution is -0.142. The molecule has 0 heterocycles. The van der Waals surface area contributed by atoms with Crippen molar-refractivity contribution in [1.82, 2.24) is 5.32 Å². The molecule has 0 unspecified atom stereocenters. The van der Waals surface area contributed by atoms with Crippen LogP contribution >= 0.6 is 0 Å². The van der Waals surface area contributed by atoms with E-state index in [1.54, 1.807) is 48.5 Å². The number of ketones is 1. The molecular weight excluding hydrogens is 385 g/mol. The molecule has 0 fully saturated rings. The predicted molar refractivity (Wildman–Crippen MR) is 110 cm³/mol. The third-order valence-corrected chi connectivity index (χ3v) is 4.60. The van der Waals surface area contributed by atoms with E-state index < -0.39 is 23.7 Å². The lowest BCUT2D eigenvalue weighted by Crippen LogP contribution is -2.43. The molecule has 0 saturated carbocycles. The van der Waals surface area contributed by atoms with Crippen LogP contribution in [0.1, 0.15) is 31.8 Å². The summed E-state index contributed by atoms with van der Waals surface area (Å²) in [6.07, 6.45) is 0.132. The van der Waals surface area contributed by atoms with E-state index in [9.17, 15) is 18.8 Å². The Morgan fingerprint density at radius 1 is 0.867 bits per heavy atom. The molecule has 5 nitrogen and oxygen atoms in total. The summed E-state index contributed by atoms with van der Waals surface area (Å²) in [7, 11) is 1.21. The molecule has 0 bridgehead atoms. The average Bonchev–Trinajstić information content (AvgIpc) is 2.79. The number of hydrogen-bond acceptors (Lipinski definition) is 4. The van der Waals surface area contributed by atoms with Crippen LogP contribution in [0.2, 0.25) is 0 Å². The van der Waals surface area contributed by atoms with E-state index in [-0.39, 0.29) is 17.8 Å². The molecule has 0 aliphatic rings. The highest BCUT2D eigenvalue weighted by atomic mass is 19.1. The van der Waals surface area contributed by atoms with Gasteiger partial charge in [-0.15, -0.1) is 0 Å². The van der Waals surface area contributed by atoms with Crippen LogP contribution in [0.5, 0.6) is 0 Å². The summed E-state index contributed by atoms with van der Waals surface area (Å²) in [5.74, 6) is -2.15. The first-order chi connectivity index (χ1) is 14.5. The smallest absolute Gasteiger partial charge is 0.328 e. The number of hydrogen-bond donors (Lipinski definition) is 1. The van der Waals surface area contributed by atoms with Gasteiger partial charge in [0.1, 0.15) is 11.9 Å². The molecule has 0 spiro atoms. The van der Waals surface area contributed by atoms with Crippen LogP contribution < -0.4 is 5.32 Å². The Labute approximate surface area is 173 Å². The second-order valence-corrected chi connectivity index (χ2v) is 6.63. The second kappa shape index (κ2) is 9.60. The van der Waals surface area contributed by atoms with Gasteiger partial charge in [-0.1, -0.05) is 66.7 Å². The lowest BCUT2D eigenvalue weighted by atomic mass is 9.99. The molecule has 3 aromatic rings. The Morgan fingerprint density at radius 3 is 2.10 bits per heavy atom. The van der Waals surface area contributed by atoms with Crippen molar-refractivity contribution in [3.63, 3.8) is 0 Å². The van der Waals surface area contributed by atoms with E-state index in [4.69, 9.17) is 4.74 Å². The van der Waals surface area contributed by atoms with Gasteiger partial charge in [-0.25, -0.2) is 9.18 Å². The molecule has 6 heteroatoms. The maximum Gasteiger partial charge on any atom is 0.328 e. The zero-order valence-electron chi connectivity index (χ0n) is 16.3. The summed E-state index contributed by atoms with van der Waals surface area (Å²) < 4.78 is 18.6. The summed E-state index contributed by atoms with van der Waals surface area (Å²) in [5, 5.41) is 2.52. The van der Waals surface area contributed by atoms with Crippen LogP contribution in [0.4, 0.5) is 4.39 Å². The Kier molecular flexibility index (Phi) is 6.70. The first kappa shape index (κ1) is 20.9. The summed E-state index contributed by atoms with van der Waals surface area (Å²) in [4.78, 5) is 37.0. The van der Waals surface area contributed by atoms with Gasteiger partial charge in [-0.05, 0) is 17.7 Å². The highest BCUT2D eigenvalue weighted by Gasteiger charge is 2.24. The predicted octanol–water partition coefficient (Wildman–Crippen LogP) is 3.57. The monoisotopic (exact) mass is 405 g/mol. The van der Waals surface area contributed by atoms with Crippen molar-refractivity contribution < 1.29 is 23.5 Å². The number of methoxy groups -OCH3 is 1. The Balaban J connectivity index is 1.74. The van der Waals surface area contributed by atoms with E-state index in [1.165, 1.54) is 31.4 Å². The molecule has 0 radical (unpaired) electrons. The van der Waals surface area contributed by atoms with Gasteiger partial charge in [-0.3, -0.25) is 9.59 Å². The van der Waals surface area contributed by atoms with Crippen LogP contribution in [-0.2, 0) is 16.0 Å². The number of benzene rings is 3. The van der Waals surface area contributed by atoms with Crippen LogP contribution in [-0.4, -0.2) is 30.8 Å². The fourth-order valence-electron chi connectivity index (χ4n) is 3.00. The highest BCUT2D eigenvalue weighted by Crippen LogP contribution is 2.13. The summed E-state index contributed by atoms with van der Waals surface area (Å²) >= 11 is 0. The average molecular weight is 405 g/mol. The standard InChI is InChI=1S/C24H20FNO4/c1-30-24(29)21(26-23(28)19-9-5-6-10-20(19)25)15-16-11-13-18(14-12-16)22(27)17-7-3-2-4-8-17/h2-14,21H,15H2,1H3,(H,26,28)/t21-/m1/s1. The quantitative estimate of drug-likeness (QED) is 0.482. The molecule has 3 rings (SSSR count). The summed E-state index contributed by atoms with van der Waals surface area (Å²) in [6.45, 7) is 0. The first-order valence-electron chi connectivity index (χ1n) is 9.31. The van der Waals surface area contributed by atoms with Gasteiger partial charge in [0.25, 0.3) is 5.91 Å². The van der Waals surface area contributed by atoms with Gasteiger partial charge in [0.15, 0.2) is 5.78 Å². The number of ether oxygens (including phenoxy) is 1. The van der Waals surface area contributed by atoms with Gasteiger partial charge < -0.3 is 10.1 Å². The minimum atomic E-state index is -1.00. The fraction of sp³-hybridized carbons (Fsp3) is 0.125. The molecule has 1 amide bonds. The van der Waals surface area contributed by atoms with Crippen molar-refractivity contribution in [2.24, 2.45) is 0 Å². The number of carbonyl (C=O) groups is 3. The number of halogens is 1. The summed E-state index contributed by atoms with van der Waals surface area (Å²) in [5.41, 5.74) is 1.64. The summed E-state index contributed by atoms with van der Waals surface area (Å²) in [6, 6.07) is 20.2. The molecule has 0 saturated heterocycles. The maximum atomic E-state index is 13.9. The van der Waals surface area contributed by atoms with E-state index in [0.29, 0.717) is 16.7 Å². The van der Waals surface area contributed by atoms with Gasteiger partial charge in [-0.2, -0.15) is 0 Å². The Morgan fingerprint density at radius 2 is 1.47 bits per heavy atom. The minimum Gasteiger partial charge on any atom is -0.467 e. The number of nitrogens with one attached hydrogen (secondary N) is 1. The van der Waals surface area contributed by atoms with E-state index in [2.05, 4.69) is 5.32 Å². The van der Waals surface area contributed by atoms with E-state index >= 15 is 0 Å². The molecule has 0 aliphatic carbocycles. The zero-order valence-corrected chi connectivity index (χ0v) is 16.3. The van der Waals surface area contributed by atoms with Gasteiger partial charge in [0.05, 0.1) is 12.7 Å². The lowest BCUT2D eigenvalue weighted by Gasteiger charge is -2.17. The van der Waals surface area contributed by atoms with Crippen molar-refractivity contribution >= 4 is 17.7 Å². The molecule has 1 atom stereocenters. The highest BCUT2D eigenvalue weighted by molar-refractivity contribution is 6.08. The molecule has 30 heavy (non-hydrogen) atoms. The Bertz CT molecular complexity index is 1050. The number of esters is 1. The van der Waals surface area contributed by atoms with Crippen LogP contribution in [0.3, 0.4) is 0 Å². The van der Waals surface area contributed by atoms with Crippen LogP contribution in [0, 0.1) is 5.82 Å². The minimum absolute atomic E-state index is 0.112. The van der Waals surface area contributed by atoms with Crippen molar-refractivity contribution in [3.05, 3.63) is 107 Å². The molecule has 1 N–H and O–H groups in total. The van der Waals surface area contributed by atoms with Crippen LogP contribution in [0.15, 0.2) is 78.9 Å². The van der Waals surface area contributed by atoms with E-state index in [1.807, 2.05) is 6.07 Å². The Hall–Kier alpha value is -3.80. The normalized spacial score (nSPS) is 11.4. The van der Waals surface area contributed by atoms with Crippen molar-refractivity contribution in [2.75, 3.05) is 7.11 Å². The topological polar surface area (TPSA) is 72.5 Å². The molecule has 0 aromatic heterocycles. The zero-order chi connectivity index (χ0) is 21.5. The van der Waals surface area contributed by atoms with Crippen LogP contribution in [0.25, 0.3) is 0 Å². The van der Waals surface area contributed by atoms with E-state index in [0.717, 1.165) is 0 Å². The van der Waals surface area contributed by atoms with Gasteiger partial charge in [0.2, 0.25) is 0 Å². The van der Waals surface area contributed by atoms with Gasteiger partial charge >= 0.3 is 5.97 Å². The molecule has 152 valence electrons. The third-order valence-electron chi connectivity index (χ3n) is 4.60. The molecular formula is C24H20FNO4.